The SMILES string of the molecule is Cn1c(=O)c2c(CC(=O)/N=c3\scc(-c4ccc(F)c(C(F)(F)F)c4F)n3COP(=O)(O)O)csc2n1C. The highest BCUT2D eigenvalue weighted by Crippen LogP contribution is 2.39. The Morgan fingerprint density at radius 1 is 1.13 bits per heavy atom. The van der Waals surface area contributed by atoms with Gasteiger partial charge in [-0.1, -0.05) is 0 Å². The maximum absolute atomic E-state index is 14.8. The molecule has 38 heavy (non-hydrogen) atoms. The van der Waals surface area contributed by atoms with Crippen LogP contribution in [0.2, 0.25) is 0 Å². The molecule has 0 aliphatic rings. The lowest BCUT2D eigenvalue weighted by Gasteiger charge is -2.14. The summed E-state index contributed by atoms with van der Waals surface area (Å²) >= 11 is 1.86. The van der Waals surface area contributed by atoms with E-state index in [2.05, 4.69) is 9.52 Å². The molecule has 3 aromatic heterocycles. The second-order valence-electron chi connectivity index (χ2n) is 7.84. The molecule has 0 spiro atoms. The van der Waals surface area contributed by atoms with Gasteiger partial charge >= 0.3 is 14.0 Å². The molecule has 0 radical (unpaired) electrons. The number of rotatable bonds is 6. The first-order chi connectivity index (χ1) is 17.6. The van der Waals surface area contributed by atoms with Crippen molar-refractivity contribution >= 4 is 46.6 Å². The van der Waals surface area contributed by atoms with Gasteiger partial charge in [0.15, 0.2) is 4.80 Å². The molecule has 2 N–H and O–H groups in total. The summed E-state index contributed by atoms with van der Waals surface area (Å²) in [4.78, 5) is 47.6. The summed E-state index contributed by atoms with van der Waals surface area (Å²) in [5, 5.41) is 2.97. The number of aromatic nitrogens is 3. The molecular formula is C20H16F5N4O6PS2. The molecule has 4 rings (SSSR count). The molecule has 1 aromatic carbocycles. The van der Waals surface area contributed by atoms with Crippen molar-refractivity contribution in [3.8, 4) is 11.3 Å². The van der Waals surface area contributed by atoms with Crippen molar-refractivity contribution in [2.45, 2.75) is 19.3 Å². The predicted molar refractivity (Wildman–Crippen MR) is 126 cm³/mol. The first-order valence-electron chi connectivity index (χ1n) is 10.2. The van der Waals surface area contributed by atoms with Gasteiger partial charge in [-0.2, -0.15) is 18.2 Å². The predicted octanol–water partition coefficient (Wildman–Crippen LogP) is 3.50. The number of benzene rings is 1. The Balaban J connectivity index is 1.80. The maximum atomic E-state index is 14.8. The molecule has 0 atom stereocenters. The van der Waals surface area contributed by atoms with Crippen LogP contribution in [0.3, 0.4) is 0 Å². The van der Waals surface area contributed by atoms with Gasteiger partial charge in [0.25, 0.3) is 11.5 Å². The number of thiazole rings is 1. The number of nitrogens with zero attached hydrogens (tertiary/aromatic N) is 4. The quantitative estimate of drug-likeness (QED) is 0.258. The van der Waals surface area contributed by atoms with Gasteiger partial charge in [-0.05, 0) is 23.1 Å². The van der Waals surface area contributed by atoms with Gasteiger partial charge < -0.3 is 9.79 Å². The van der Waals surface area contributed by atoms with Crippen molar-refractivity contribution in [3.63, 3.8) is 0 Å². The highest BCUT2D eigenvalue weighted by molar-refractivity contribution is 7.46. The third kappa shape index (κ3) is 5.30. The number of fused-ring (bicyclic) bond motifs is 1. The van der Waals surface area contributed by atoms with Crippen LogP contribution in [0.15, 0.2) is 32.7 Å². The summed E-state index contributed by atoms with van der Waals surface area (Å²) in [5.74, 6) is -4.65. The number of carbonyl (C=O) groups is 1. The van der Waals surface area contributed by atoms with Crippen LogP contribution in [0.5, 0.6) is 0 Å². The number of phosphoric ester groups is 1. The molecule has 0 aliphatic carbocycles. The molecule has 0 fully saturated rings. The van der Waals surface area contributed by atoms with Gasteiger partial charge in [0.2, 0.25) is 0 Å². The number of phosphoric acid groups is 1. The van der Waals surface area contributed by atoms with Crippen LogP contribution in [-0.4, -0.2) is 29.6 Å². The third-order valence-corrected chi connectivity index (χ3v) is 7.87. The van der Waals surface area contributed by atoms with Crippen LogP contribution in [0.1, 0.15) is 11.1 Å². The summed E-state index contributed by atoms with van der Waals surface area (Å²) in [6.45, 7) is -1.03. The Morgan fingerprint density at radius 3 is 2.45 bits per heavy atom. The average Bonchev–Trinajstić information content (AvgIpc) is 3.44. The van der Waals surface area contributed by atoms with E-state index in [1.165, 1.54) is 16.0 Å². The number of amides is 1. The van der Waals surface area contributed by atoms with E-state index < -0.39 is 55.1 Å². The van der Waals surface area contributed by atoms with E-state index in [-0.39, 0.29) is 16.8 Å². The van der Waals surface area contributed by atoms with E-state index in [9.17, 15) is 36.1 Å². The normalized spacial score (nSPS) is 13.1. The van der Waals surface area contributed by atoms with E-state index in [4.69, 9.17) is 9.79 Å². The standard InChI is InChI=1S/C20H16F5N4O6PS2/c1-27-17(31)14-9(6-37-18(14)28(27)2)5-13(30)26-19-29(8-35-36(32,33)34)12(7-38-19)10-3-4-11(21)15(16(10)22)20(23,24)25/h3-4,6-7H,5,8H2,1-2H3,(H2,32,33,34)/b26-19-. The summed E-state index contributed by atoms with van der Waals surface area (Å²) in [6, 6.07) is 1.09. The number of hydrogen-bond donors (Lipinski definition) is 2. The minimum Gasteiger partial charge on any atom is -0.303 e. The zero-order valence-electron chi connectivity index (χ0n) is 19.2. The monoisotopic (exact) mass is 598 g/mol. The van der Waals surface area contributed by atoms with Crippen molar-refractivity contribution in [1.29, 1.82) is 0 Å². The van der Waals surface area contributed by atoms with Crippen molar-refractivity contribution in [2.75, 3.05) is 0 Å². The molecular weight excluding hydrogens is 582 g/mol. The molecule has 18 heteroatoms. The summed E-state index contributed by atoms with van der Waals surface area (Å²) in [7, 11) is -1.92. The molecule has 0 unspecified atom stereocenters. The molecule has 204 valence electrons. The lowest BCUT2D eigenvalue weighted by Crippen LogP contribution is -2.21. The number of carbonyl (C=O) groups excluding carboxylic acids is 1. The van der Waals surface area contributed by atoms with E-state index in [0.717, 1.165) is 9.95 Å². The van der Waals surface area contributed by atoms with Gasteiger partial charge in [0.05, 0.1) is 17.5 Å². The minimum absolute atomic E-state index is 0.303. The van der Waals surface area contributed by atoms with Crippen LogP contribution in [0.25, 0.3) is 21.5 Å². The van der Waals surface area contributed by atoms with Gasteiger partial charge in [-0.25, -0.2) is 13.3 Å². The van der Waals surface area contributed by atoms with Gasteiger partial charge in [0, 0.05) is 25.0 Å². The first-order valence-corrected chi connectivity index (χ1v) is 13.5. The van der Waals surface area contributed by atoms with Gasteiger partial charge in [-0.3, -0.25) is 28.0 Å². The number of aryl methyl sites for hydroxylation is 1. The molecule has 0 aliphatic heterocycles. The van der Waals surface area contributed by atoms with Crippen molar-refractivity contribution in [1.82, 2.24) is 13.9 Å². The zero-order valence-corrected chi connectivity index (χ0v) is 21.7. The molecule has 0 bridgehead atoms. The number of hydrogen-bond acceptors (Lipinski definition) is 6. The smallest absolute Gasteiger partial charge is 0.303 e. The van der Waals surface area contributed by atoms with E-state index in [0.29, 0.717) is 39.2 Å². The van der Waals surface area contributed by atoms with E-state index >= 15 is 0 Å². The fraction of sp³-hybridized carbons (Fsp3) is 0.250. The molecule has 4 aromatic rings. The summed E-state index contributed by atoms with van der Waals surface area (Å²) in [5.41, 5.74) is -3.32. The van der Waals surface area contributed by atoms with E-state index in [1.54, 1.807) is 24.2 Å². The third-order valence-electron chi connectivity index (χ3n) is 5.46. The van der Waals surface area contributed by atoms with Crippen LogP contribution in [0.4, 0.5) is 22.0 Å². The van der Waals surface area contributed by atoms with Gasteiger partial charge in [-0.15, -0.1) is 22.7 Å². The Morgan fingerprint density at radius 2 is 1.82 bits per heavy atom. The van der Waals surface area contributed by atoms with Crippen LogP contribution < -0.4 is 10.4 Å². The Labute approximate surface area is 216 Å². The van der Waals surface area contributed by atoms with Crippen LogP contribution >= 0.6 is 30.5 Å². The molecule has 0 saturated carbocycles. The van der Waals surface area contributed by atoms with Gasteiger partial charge in [0.1, 0.15) is 28.8 Å². The average molecular weight is 598 g/mol. The largest absolute Gasteiger partial charge is 0.471 e. The Hall–Kier alpha value is -2.95. The van der Waals surface area contributed by atoms with Crippen molar-refractivity contribution < 1.29 is 45.6 Å². The fourth-order valence-electron chi connectivity index (χ4n) is 3.62. The number of thiophene rings is 1. The van der Waals surface area contributed by atoms with Crippen molar-refractivity contribution in [3.05, 3.63) is 60.8 Å². The maximum Gasteiger partial charge on any atom is 0.471 e. The Bertz CT molecular complexity index is 1740. The zero-order chi connectivity index (χ0) is 28.2. The van der Waals surface area contributed by atoms with Crippen LogP contribution in [0, 0.1) is 11.6 Å². The molecule has 3 heterocycles. The summed E-state index contributed by atoms with van der Waals surface area (Å²) in [6.07, 6.45) is -5.73. The first kappa shape index (κ1) is 28.1. The minimum atomic E-state index is -5.38. The number of alkyl halides is 3. The second-order valence-corrected chi connectivity index (χ2v) is 10.8. The molecule has 10 nitrogen and oxygen atoms in total. The second kappa shape index (κ2) is 9.98. The highest BCUT2D eigenvalue weighted by Gasteiger charge is 2.39. The topological polar surface area (TPSA) is 128 Å². The molecule has 1 amide bonds. The van der Waals surface area contributed by atoms with Crippen molar-refractivity contribution in [2.24, 2.45) is 19.1 Å². The van der Waals surface area contributed by atoms with Crippen LogP contribution in [-0.2, 0) is 47.3 Å². The lowest BCUT2D eigenvalue weighted by atomic mass is 10.1. The lowest BCUT2D eigenvalue weighted by molar-refractivity contribution is -0.142. The van der Waals surface area contributed by atoms with E-state index in [1.807, 2.05) is 0 Å². The number of halogens is 5. The summed E-state index contributed by atoms with van der Waals surface area (Å²) < 4.78 is 87.7. The fourth-order valence-corrected chi connectivity index (χ4v) is 5.86. The Kier molecular flexibility index (Phi) is 7.37. The highest BCUT2D eigenvalue weighted by atomic mass is 32.1. The molecule has 0 saturated heterocycles.